The second-order valence-corrected chi connectivity index (χ2v) is 9.03. The first kappa shape index (κ1) is 17.3. The summed E-state index contributed by atoms with van der Waals surface area (Å²) in [4.78, 5) is 0. The van der Waals surface area contributed by atoms with Crippen LogP contribution in [0.4, 0.5) is 0 Å². The summed E-state index contributed by atoms with van der Waals surface area (Å²) in [6, 6.07) is 9.19. The second kappa shape index (κ2) is 5.54. The molecular formula is C20H34. The van der Waals surface area contributed by atoms with Gasteiger partial charge < -0.3 is 0 Å². The van der Waals surface area contributed by atoms with Crippen molar-refractivity contribution < 1.29 is 0 Å². The van der Waals surface area contributed by atoms with Gasteiger partial charge in [-0.15, -0.1) is 0 Å². The van der Waals surface area contributed by atoms with Crippen LogP contribution in [0.25, 0.3) is 0 Å². The lowest BCUT2D eigenvalue weighted by atomic mass is 9.66. The lowest BCUT2D eigenvalue weighted by Gasteiger charge is -2.38. The fourth-order valence-electron chi connectivity index (χ4n) is 2.85. The highest BCUT2D eigenvalue weighted by atomic mass is 14.4. The SMILES string of the molecule is CC(C)C(C)(C)CC(C)(C)c1cccc(C(C)(C)C)c1. The molecule has 0 aliphatic rings. The van der Waals surface area contributed by atoms with Crippen molar-refractivity contribution in [2.24, 2.45) is 11.3 Å². The zero-order valence-electron chi connectivity index (χ0n) is 15.1. The van der Waals surface area contributed by atoms with E-state index in [2.05, 4.69) is 86.6 Å². The molecule has 0 spiro atoms. The third-order valence-electron chi connectivity index (χ3n) is 4.97. The Balaban J connectivity index is 3.10. The van der Waals surface area contributed by atoms with E-state index in [4.69, 9.17) is 0 Å². The predicted octanol–water partition coefficient (Wildman–Crippen LogP) is 6.33. The molecule has 0 heteroatoms. The van der Waals surface area contributed by atoms with Gasteiger partial charge in [-0.1, -0.05) is 86.6 Å². The molecule has 1 rings (SSSR count). The Kier molecular flexibility index (Phi) is 4.79. The quantitative estimate of drug-likeness (QED) is 0.601. The molecule has 0 bridgehead atoms. The average molecular weight is 274 g/mol. The first-order valence-electron chi connectivity index (χ1n) is 7.97. The summed E-state index contributed by atoms with van der Waals surface area (Å²) in [7, 11) is 0. The highest BCUT2D eigenvalue weighted by Crippen LogP contribution is 2.41. The topological polar surface area (TPSA) is 0 Å². The molecule has 0 atom stereocenters. The number of hydrogen-bond donors (Lipinski definition) is 0. The van der Waals surface area contributed by atoms with Gasteiger partial charge in [0.05, 0.1) is 0 Å². The van der Waals surface area contributed by atoms with Crippen LogP contribution in [0, 0.1) is 11.3 Å². The molecule has 0 radical (unpaired) electrons. The van der Waals surface area contributed by atoms with Gasteiger partial charge in [0.1, 0.15) is 0 Å². The van der Waals surface area contributed by atoms with E-state index < -0.39 is 0 Å². The van der Waals surface area contributed by atoms with E-state index >= 15 is 0 Å². The standard InChI is InChI=1S/C20H34/c1-15(2)19(6,7)14-20(8,9)17-12-10-11-16(13-17)18(3,4)5/h10-13,15H,14H2,1-9H3. The fraction of sp³-hybridized carbons (Fsp3) is 0.700. The van der Waals surface area contributed by atoms with Gasteiger partial charge in [0.25, 0.3) is 0 Å². The van der Waals surface area contributed by atoms with Gasteiger partial charge in [-0.3, -0.25) is 0 Å². The smallest absolute Gasteiger partial charge is 0.00983 e. The van der Waals surface area contributed by atoms with Gasteiger partial charge in [0.2, 0.25) is 0 Å². The van der Waals surface area contributed by atoms with Crippen molar-refractivity contribution in [3.8, 4) is 0 Å². The molecule has 0 saturated heterocycles. The maximum atomic E-state index is 2.41. The molecule has 0 fully saturated rings. The Morgan fingerprint density at radius 2 is 1.35 bits per heavy atom. The van der Waals surface area contributed by atoms with Crippen molar-refractivity contribution in [1.82, 2.24) is 0 Å². The van der Waals surface area contributed by atoms with Gasteiger partial charge in [-0.25, -0.2) is 0 Å². The Bertz CT molecular complexity index is 441. The Morgan fingerprint density at radius 3 is 1.80 bits per heavy atom. The maximum Gasteiger partial charge on any atom is -0.00983 e. The molecule has 1 aromatic rings. The summed E-state index contributed by atoms with van der Waals surface area (Å²) in [5.41, 5.74) is 3.71. The van der Waals surface area contributed by atoms with Gasteiger partial charge >= 0.3 is 0 Å². The third kappa shape index (κ3) is 4.11. The van der Waals surface area contributed by atoms with Crippen LogP contribution in [-0.4, -0.2) is 0 Å². The van der Waals surface area contributed by atoms with Gasteiger partial charge in [-0.05, 0) is 39.7 Å². The van der Waals surface area contributed by atoms with Crippen molar-refractivity contribution in [1.29, 1.82) is 0 Å². The predicted molar refractivity (Wildman–Crippen MR) is 91.4 cm³/mol. The van der Waals surface area contributed by atoms with Crippen molar-refractivity contribution in [3.63, 3.8) is 0 Å². The normalized spacial score (nSPS) is 13.9. The minimum Gasteiger partial charge on any atom is -0.0623 e. The van der Waals surface area contributed by atoms with E-state index in [0.29, 0.717) is 11.3 Å². The van der Waals surface area contributed by atoms with Crippen LogP contribution in [0.1, 0.15) is 79.9 Å². The molecule has 20 heavy (non-hydrogen) atoms. The zero-order valence-corrected chi connectivity index (χ0v) is 15.1. The lowest BCUT2D eigenvalue weighted by Crippen LogP contribution is -2.30. The molecule has 0 unspecified atom stereocenters. The van der Waals surface area contributed by atoms with Crippen LogP contribution >= 0.6 is 0 Å². The molecule has 0 N–H and O–H groups in total. The molecule has 0 nitrogen and oxygen atoms in total. The minimum atomic E-state index is 0.217. The van der Waals surface area contributed by atoms with E-state index in [1.807, 2.05) is 0 Å². The fourth-order valence-corrected chi connectivity index (χ4v) is 2.85. The van der Waals surface area contributed by atoms with Crippen LogP contribution in [0.15, 0.2) is 24.3 Å². The Labute approximate surface area is 127 Å². The largest absolute Gasteiger partial charge is 0.0623 e. The van der Waals surface area contributed by atoms with Crippen LogP contribution in [0.5, 0.6) is 0 Å². The van der Waals surface area contributed by atoms with Crippen LogP contribution < -0.4 is 0 Å². The summed E-state index contributed by atoms with van der Waals surface area (Å²) >= 11 is 0. The summed E-state index contributed by atoms with van der Waals surface area (Å²) in [5, 5.41) is 0. The van der Waals surface area contributed by atoms with Crippen molar-refractivity contribution in [2.75, 3.05) is 0 Å². The molecule has 1 aromatic carbocycles. The summed E-state index contributed by atoms with van der Waals surface area (Å²) in [6.07, 6.45) is 1.21. The summed E-state index contributed by atoms with van der Waals surface area (Å²) in [6.45, 7) is 21.1. The summed E-state index contributed by atoms with van der Waals surface area (Å²) in [5.74, 6) is 0.701. The van der Waals surface area contributed by atoms with Crippen LogP contribution in [-0.2, 0) is 10.8 Å². The molecule has 0 amide bonds. The van der Waals surface area contributed by atoms with Gasteiger partial charge in [0.15, 0.2) is 0 Å². The van der Waals surface area contributed by atoms with Gasteiger partial charge in [-0.2, -0.15) is 0 Å². The molecule has 0 aliphatic heterocycles. The molecule has 0 aromatic heterocycles. The first-order valence-corrected chi connectivity index (χ1v) is 7.97. The summed E-state index contributed by atoms with van der Waals surface area (Å²) < 4.78 is 0. The van der Waals surface area contributed by atoms with E-state index in [0.717, 1.165) is 0 Å². The number of rotatable bonds is 4. The Morgan fingerprint density at radius 1 is 0.850 bits per heavy atom. The highest BCUT2D eigenvalue weighted by Gasteiger charge is 2.32. The van der Waals surface area contributed by atoms with E-state index in [1.165, 1.54) is 17.5 Å². The average Bonchev–Trinajstić information content (AvgIpc) is 2.26. The van der Waals surface area contributed by atoms with E-state index in [9.17, 15) is 0 Å². The van der Waals surface area contributed by atoms with E-state index in [-0.39, 0.29) is 10.8 Å². The zero-order chi connectivity index (χ0) is 15.8. The molecule has 0 saturated carbocycles. The molecule has 0 aliphatic carbocycles. The first-order chi connectivity index (χ1) is 8.86. The number of benzene rings is 1. The molecule has 0 heterocycles. The second-order valence-electron chi connectivity index (χ2n) is 9.03. The third-order valence-corrected chi connectivity index (χ3v) is 4.97. The highest BCUT2D eigenvalue weighted by molar-refractivity contribution is 5.33. The monoisotopic (exact) mass is 274 g/mol. The Hall–Kier alpha value is -0.780. The van der Waals surface area contributed by atoms with Crippen molar-refractivity contribution >= 4 is 0 Å². The van der Waals surface area contributed by atoms with Crippen molar-refractivity contribution in [2.45, 2.75) is 79.6 Å². The lowest BCUT2D eigenvalue weighted by molar-refractivity contribution is 0.181. The van der Waals surface area contributed by atoms with Crippen LogP contribution in [0.3, 0.4) is 0 Å². The molecular weight excluding hydrogens is 240 g/mol. The van der Waals surface area contributed by atoms with Crippen molar-refractivity contribution in [3.05, 3.63) is 35.4 Å². The number of hydrogen-bond acceptors (Lipinski definition) is 0. The van der Waals surface area contributed by atoms with E-state index in [1.54, 1.807) is 0 Å². The maximum absolute atomic E-state index is 2.41. The minimum absolute atomic E-state index is 0.217. The van der Waals surface area contributed by atoms with Crippen LogP contribution in [0.2, 0.25) is 0 Å². The molecule has 114 valence electrons. The van der Waals surface area contributed by atoms with Gasteiger partial charge in [0, 0.05) is 0 Å².